The van der Waals surface area contributed by atoms with Gasteiger partial charge in [0, 0.05) is 13.0 Å². The molecule has 372 valence electrons. The molecule has 0 aliphatic carbocycles. The minimum absolute atomic E-state index is 0.0369. The quantitative estimate of drug-likeness (QED) is 0.0250. The molecule has 1 aliphatic rings. The van der Waals surface area contributed by atoms with Crippen molar-refractivity contribution in [3.05, 3.63) is 35.9 Å². The van der Waals surface area contributed by atoms with Crippen molar-refractivity contribution in [1.29, 1.82) is 0 Å². The first-order valence-electron chi connectivity index (χ1n) is 24.0. The van der Waals surface area contributed by atoms with Gasteiger partial charge in [-0.3, -0.25) is 33.8 Å². The lowest BCUT2D eigenvalue weighted by atomic mass is 9.96. The van der Waals surface area contributed by atoms with Crippen LogP contribution in [-0.2, 0) is 44.7 Å². The number of cyclic esters (lactones) is 1. The average Bonchev–Trinajstić information content (AvgIpc) is 3.26. The second-order valence-corrected chi connectivity index (χ2v) is 17.5. The van der Waals surface area contributed by atoms with Gasteiger partial charge in [-0.25, -0.2) is 4.79 Å². The lowest BCUT2D eigenvalue weighted by Gasteiger charge is -2.31. The van der Waals surface area contributed by atoms with Crippen LogP contribution in [0.2, 0.25) is 0 Å². The highest BCUT2D eigenvalue weighted by Gasteiger charge is 2.38. The summed E-state index contributed by atoms with van der Waals surface area (Å²) in [5, 5.41) is 33.3. The standard InChI is InChI=1S/C47H79N9O10/c1-4-31(2)40-44(63)52-35(25-26-48)42(61)54-37(30-39(59)60)46(65)66-32(3)41(45(64)53-36(43(62)56-40)28-33-22-18-17-19-23-33)55-38(58)29-34(57)24-20-15-13-11-9-7-5-6-8-10-12-14-16-21-27-51-47(49)50/h17-19,22-23,31-32,34-37,40-41,57H,4-16,20-21,24-30,48H2,1-3H3,(H,52,63)(H,53,64)(H,54,61)(H,55,58)(H,56,62)(H,59,60)(H4,49,50,51)/t31-,32-,34-,35+,36-,37+,40+,41+/m1/s1. The first-order chi connectivity index (χ1) is 31.6. The van der Waals surface area contributed by atoms with Crippen LogP contribution in [0, 0.1) is 5.92 Å². The number of carbonyl (C=O) groups excluding carboxylic acids is 6. The van der Waals surface area contributed by atoms with Crippen molar-refractivity contribution in [2.75, 3.05) is 13.1 Å². The van der Waals surface area contributed by atoms with Crippen molar-refractivity contribution in [1.82, 2.24) is 26.6 Å². The summed E-state index contributed by atoms with van der Waals surface area (Å²) in [5.41, 5.74) is 17.1. The number of unbranched alkanes of at least 4 members (excludes halogenated alkanes) is 13. The maximum absolute atomic E-state index is 14.2. The van der Waals surface area contributed by atoms with Gasteiger partial charge in [-0.1, -0.05) is 134 Å². The maximum Gasteiger partial charge on any atom is 0.329 e. The Morgan fingerprint density at radius 1 is 0.758 bits per heavy atom. The van der Waals surface area contributed by atoms with Crippen LogP contribution in [0.1, 0.15) is 148 Å². The highest BCUT2D eigenvalue weighted by molar-refractivity contribution is 5.97. The monoisotopic (exact) mass is 930 g/mol. The SMILES string of the molecule is CC[C@@H](C)[C@@H]1NC(=O)[C@@H](Cc2ccccc2)NC(=O)[C@@H](NC(=O)C[C@H](O)CCCCCCCCCCCCCCCCN=C(N)N)[C@@H](C)OC(=O)[C@H](CC(=O)O)NC(=O)[C@H](CCN)NC1=O. The zero-order valence-electron chi connectivity index (χ0n) is 39.4. The topological polar surface area (TPSA) is 320 Å². The number of nitrogens with zero attached hydrogens (tertiary/aromatic N) is 1. The number of carboxylic acid groups (broad SMARTS) is 1. The van der Waals surface area contributed by atoms with E-state index in [1.165, 1.54) is 51.9 Å². The number of hydrogen-bond donors (Lipinski definition) is 10. The highest BCUT2D eigenvalue weighted by Crippen LogP contribution is 2.16. The second-order valence-electron chi connectivity index (χ2n) is 17.5. The number of aliphatic hydroxyl groups excluding tert-OH is 1. The van der Waals surface area contributed by atoms with Gasteiger partial charge in [-0.15, -0.1) is 0 Å². The van der Waals surface area contributed by atoms with E-state index >= 15 is 0 Å². The molecular weight excluding hydrogens is 851 g/mol. The van der Waals surface area contributed by atoms with E-state index in [0.29, 0.717) is 31.4 Å². The molecule has 1 aliphatic heterocycles. The van der Waals surface area contributed by atoms with Crippen molar-refractivity contribution in [2.45, 2.75) is 192 Å². The van der Waals surface area contributed by atoms with E-state index in [2.05, 4.69) is 31.6 Å². The molecule has 66 heavy (non-hydrogen) atoms. The van der Waals surface area contributed by atoms with Crippen LogP contribution in [-0.4, -0.2) is 113 Å². The molecule has 19 nitrogen and oxygen atoms in total. The van der Waals surface area contributed by atoms with Gasteiger partial charge in [0.1, 0.15) is 36.3 Å². The lowest BCUT2D eigenvalue weighted by Crippen LogP contribution is -2.62. The normalized spacial score (nSPS) is 21.9. The predicted octanol–water partition coefficient (Wildman–Crippen LogP) is 2.34. The minimum atomic E-state index is -1.76. The lowest BCUT2D eigenvalue weighted by molar-refractivity contribution is -0.158. The Morgan fingerprint density at radius 3 is 1.83 bits per heavy atom. The Hall–Kier alpha value is -5.30. The zero-order chi connectivity index (χ0) is 48.9. The Labute approximate surface area is 390 Å². The number of aliphatic carboxylic acids is 1. The number of nitrogens with one attached hydrogen (secondary N) is 5. The first-order valence-corrected chi connectivity index (χ1v) is 24.0. The Kier molecular flexibility index (Phi) is 27.9. The maximum atomic E-state index is 14.2. The number of nitrogens with two attached hydrogens (primary N) is 3. The average molecular weight is 930 g/mol. The fourth-order valence-corrected chi connectivity index (χ4v) is 7.71. The fraction of sp³-hybridized carbons (Fsp3) is 0.702. The van der Waals surface area contributed by atoms with Crippen LogP contribution in [0.15, 0.2) is 35.3 Å². The van der Waals surface area contributed by atoms with Crippen LogP contribution in [0.4, 0.5) is 0 Å². The van der Waals surface area contributed by atoms with Crippen LogP contribution >= 0.6 is 0 Å². The molecule has 0 saturated carbocycles. The molecule has 2 rings (SSSR count). The van der Waals surface area contributed by atoms with E-state index in [9.17, 15) is 43.8 Å². The summed E-state index contributed by atoms with van der Waals surface area (Å²) in [6.07, 6.45) is 12.3. The number of benzene rings is 1. The smallest absolute Gasteiger partial charge is 0.329 e. The molecule has 0 bridgehead atoms. The number of aliphatic hydroxyl groups is 1. The number of rotatable bonds is 28. The third-order valence-electron chi connectivity index (χ3n) is 11.8. The molecule has 1 aromatic carbocycles. The van der Waals surface area contributed by atoms with Crippen molar-refractivity contribution < 1.29 is 48.5 Å². The van der Waals surface area contributed by atoms with E-state index in [4.69, 9.17) is 21.9 Å². The van der Waals surface area contributed by atoms with Gasteiger partial charge >= 0.3 is 11.9 Å². The van der Waals surface area contributed by atoms with E-state index in [1.807, 2.05) is 0 Å². The van der Waals surface area contributed by atoms with Crippen molar-refractivity contribution in [3.8, 4) is 0 Å². The molecule has 0 aromatic heterocycles. The number of hydrogen-bond acceptors (Lipinski definition) is 11. The third-order valence-corrected chi connectivity index (χ3v) is 11.8. The van der Waals surface area contributed by atoms with E-state index in [1.54, 1.807) is 44.2 Å². The van der Waals surface area contributed by atoms with Crippen LogP contribution in [0.3, 0.4) is 0 Å². The van der Waals surface area contributed by atoms with Gasteiger partial charge in [-0.2, -0.15) is 0 Å². The highest BCUT2D eigenvalue weighted by atomic mass is 16.5. The first kappa shape index (κ1) is 56.8. The van der Waals surface area contributed by atoms with Crippen LogP contribution < -0.4 is 43.8 Å². The summed E-state index contributed by atoms with van der Waals surface area (Å²) < 4.78 is 5.55. The van der Waals surface area contributed by atoms with Gasteiger partial charge in [0.05, 0.1) is 18.9 Å². The van der Waals surface area contributed by atoms with Crippen molar-refractivity contribution >= 4 is 47.4 Å². The third kappa shape index (κ3) is 23.2. The number of carboxylic acids is 1. The van der Waals surface area contributed by atoms with Crippen molar-refractivity contribution in [3.63, 3.8) is 0 Å². The molecular formula is C47H79N9O10. The minimum Gasteiger partial charge on any atom is -0.481 e. The molecule has 13 N–H and O–H groups in total. The summed E-state index contributed by atoms with van der Waals surface area (Å²) in [6.45, 7) is 5.45. The molecule has 19 heteroatoms. The Balaban J connectivity index is 2.12. The van der Waals surface area contributed by atoms with E-state index in [0.717, 1.165) is 38.5 Å². The van der Waals surface area contributed by atoms with Gasteiger partial charge in [-0.05, 0) is 44.2 Å². The number of esters is 1. The van der Waals surface area contributed by atoms with Gasteiger partial charge < -0.3 is 58.7 Å². The molecule has 5 amide bonds. The van der Waals surface area contributed by atoms with Gasteiger partial charge in [0.2, 0.25) is 29.5 Å². The molecule has 0 radical (unpaired) electrons. The number of ether oxygens (including phenoxy) is 1. The van der Waals surface area contributed by atoms with Gasteiger partial charge in [0.15, 0.2) is 5.96 Å². The zero-order valence-corrected chi connectivity index (χ0v) is 39.4. The summed E-state index contributed by atoms with van der Waals surface area (Å²) in [5.74, 6) is -7.07. The molecule has 8 atom stereocenters. The Morgan fingerprint density at radius 2 is 1.29 bits per heavy atom. The molecule has 1 fully saturated rings. The molecule has 1 saturated heterocycles. The van der Waals surface area contributed by atoms with Crippen LogP contribution in [0.5, 0.6) is 0 Å². The van der Waals surface area contributed by atoms with E-state index < -0.39 is 96.2 Å². The number of aliphatic imine (C=N–C) groups is 1. The summed E-state index contributed by atoms with van der Waals surface area (Å²) in [6, 6.07) is 1.55. The summed E-state index contributed by atoms with van der Waals surface area (Å²) in [4.78, 5) is 98.4. The molecule has 0 unspecified atom stereocenters. The summed E-state index contributed by atoms with van der Waals surface area (Å²) in [7, 11) is 0. The number of guanidine groups is 1. The fourth-order valence-electron chi connectivity index (χ4n) is 7.71. The van der Waals surface area contributed by atoms with Crippen molar-refractivity contribution in [2.24, 2.45) is 28.1 Å². The van der Waals surface area contributed by atoms with Crippen LogP contribution in [0.25, 0.3) is 0 Å². The largest absolute Gasteiger partial charge is 0.481 e. The van der Waals surface area contributed by atoms with E-state index in [-0.39, 0.29) is 31.8 Å². The Bertz CT molecular complexity index is 1680. The second kappa shape index (κ2) is 32.4. The summed E-state index contributed by atoms with van der Waals surface area (Å²) >= 11 is 0. The molecule has 1 aromatic rings. The number of amides is 5. The number of carbonyl (C=O) groups is 7. The van der Waals surface area contributed by atoms with Gasteiger partial charge in [0.25, 0.3) is 0 Å². The molecule has 0 spiro atoms. The predicted molar refractivity (Wildman–Crippen MR) is 251 cm³/mol. The molecule has 1 heterocycles.